The first-order chi connectivity index (χ1) is 9.51. The number of carbonyl (C=O) groups excluding carboxylic acids is 1. The molecular formula is C16H17FN2O. The number of amides is 1. The highest BCUT2D eigenvalue weighted by Gasteiger charge is 2.17. The number of nitrogen functional groups attached to an aromatic ring is 1. The van der Waals surface area contributed by atoms with E-state index in [0.29, 0.717) is 6.54 Å². The third-order valence-corrected chi connectivity index (χ3v) is 3.07. The predicted molar refractivity (Wildman–Crippen MR) is 79.3 cm³/mol. The second kappa shape index (κ2) is 5.74. The van der Waals surface area contributed by atoms with Crippen molar-refractivity contribution < 1.29 is 9.18 Å². The summed E-state index contributed by atoms with van der Waals surface area (Å²) < 4.78 is 13.4. The molecule has 0 unspecified atom stereocenters. The molecule has 0 aliphatic carbocycles. The number of halogens is 1. The number of carbonyl (C=O) groups is 1. The van der Waals surface area contributed by atoms with E-state index >= 15 is 0 Å². The SMILES string of the molecule is CCN(C(=O)c1cc(N)cc(F)c1)c1ccc(C)cc1. The second-order valence-electron chi connectivity index (χ2n) is 4.66. The van der Waals surface area contributed by atoms with E-state index in [9.17, 15) is 9.18 Å². The minimum Gasteiger partial charge on any atom is -0.399 e. The van der Waals surface area contributed by atoms with Crippen LogP contribution >= 0.6 is 0 Å². The van der Waals surface area contributed by atoms with Gasteiger partial charge in [-0.25, -0.2) is 4.39 Å². The van der Waals surface area contributed by atoms with Crippen LogP contribution in [0.1, 0.15) is 22.8 Å². The molecule has 2 rings (SSSR count). The van der Waals surface area contributed by atoms with E-state index in [4.69, 9.17) is 5.73 Å². The molecule has 0 aliphatic rings. The number of anilines is 2. The van der Waals surface area contributed by atoms with Gasteiger partial charge in [0.15, 0.2) is 0 Å². The van der Waals surface area contributed by atoms with E-state index in [0.717, 1.165) is 11.3 Å². The van der Waals surface area contributed by atoms with Gasteiger partial charge in [0, 0.05) is 23.5 Å². The Morgan fingerprint density at radius 3 is 2.40 bits per heavy atom. The standard InChI is InChI=1S/C16H17FN2O/c1-3-19(15-6-4-11(2)5-7-15)16(20)12-8-13(17)10-14(18)9-12/h4-10H,3,18H2,1-2H3. The van der Waals surface area contributed by atoms with Crippen molar-refractivity contribution in [1.82, 2.24) is 0 Å². The molecule has 0 bridgehead atoms. The van der Waals surface area contributed by atoms with Crippen molar-refractivity contribution in [3.63, 3.8) is 0 Å². The molecule has 0 saturated heterocycles. The molecule has 0 aliphatic heterocycles. The molecule has 0 fully saturated rings. The van der Waals surface area contributed by atoms with Crippen LogP contribution in [0.2, 0.25) is 0 Å². The lowest BCUT2D eigenvalue weighted by atomic mass is 10.1. The number of rotatable bonds is 3. The maximum absolute atomic E-state index is 13.4. The summed E-state index contributed by atoms with van der Waals surface area (Å²) in [5, 5.41) is 0. The van der Waals surface area contributed by atoms with Gasteiger partial charge >= 0.3 is 0 Å². The average Bonchev–Trinajstić information content (AvgIpc) is 2.40. The van der Waals surface area contributed by atoms with Gasteiger partial charge < -0.3 is 10.6 Å². The maximum Gasteiger partial charge on any atom is 0.258 e. The normalized spacial score (nSPS) is 10.3. The van der Waals surface area contributed by atoms with Gasteiger partial charge in [0.05, 0.1) is 0 Å². The zero-order valence-electron chi connectivity index (χ0n) is 11.6. The highest BCUT2D eigenvalue weighted by molar-refractivity contribution is 6.06. The molecule has 0 heterocycles. The molecule has 0 saturated carbocycles. The lowest BCUT2D eigenvalue weighted by Crippen LogP contribution is -2.30. The molecule has 0 radical (unpaired) electrons. The third-order valence-electron chi connectivity index (χ3n) is 3.07. The first-order valence-electron chi connectivity index (χ1n) is 6.46. The van der Waals surface area contributed by atoms with Crippen molar-refractivity contribution in [2.45, 2.75) is 13.8 Å². The Bertz CT molecular complexity index is 603. The fraction of sp³-hybridized carbons (Fsp3) is 0.188. The van der Waals surface area contributed by atoms with Gasteiger partial charge in [-0.3, -0.25) is 4.79 Å². The van der Waals surface area contributed by atoms with E-state index in [1.807, 2.05) is 38.1 Å². The minimum atomic E-state index is -0.506. The van der Waals surface area contributed by atoms with Gasteiger partial charge in [-0.1, -0.05) is 17.7 Å². The summed E-state index contributed by atoms with van der Waals surface area (Å²) in [6.07, 6.45) is 0. The Kier molecular flexibility index (Phi) is 4.03. The summed E-state index contributed by atoms with van der Waals surface area (Å²) >= 11 is 0. The summed E-state index contributed by atoms with van der Waals surface area (Å²) in [5.74, 6) is -0.768. The molecule has 2 aromatic carbocycles. The number of nitrogens with two attached hydrogens (primary N) is 1. The van der Waals surface area contributed by atoms with E-state index in [1.165, 1.54) is 18.2 Å². The molecule has 0 atom stereocenters. The lowest BCUT2D eigenvalue weighted by Gasteiger charge is -2.21. The van der Waals surface area contributed by atoms with Crippen LogP contribution in [0.4, 0.5) is 15.8 Å². The number of aryl methyl sites for hydroxylation is 1. The molecule has 4 heteroatoms. The van der Waals surface area contributed by atoms with Crippen LogP contribution < -0.4 is 10.6 Å². The van der Waals surface area contributed by atoms with Gasteiger partial charge in [0.1, 0.15) is 5.82 Å². The molecule has 1 amide bonds. The lowest BCUT2D eigenvalue weighted by molar-refractivity contribution is 0.0988. The van der Waals surface area contributed by atoms with Crippen LogP contribution in [-0.4, -0.2) is 12.5 Å². The molecule has 0 aromatic heterocycles. The van der Waals surface area contributed by atoms with Crippen molar-refractivity contribution in [2.75, 3.05) is 17.2 Å². The average molecular weight is 272 g/mol. The van der Waals surface area contributed by atoms with E-state index in [1.54, 1.807) is 4.90 Å². The Hall–Kier alpha value is -2.36. The summed E-state index contributed by atoms with van der Waals surface area (Å²) in [7, 11) is 0. The van der Waals surface area contributed by atoms with Gasteiger partial charge in [-0.05, 0) is 44.2 Å². The highest BCUT2D eigenvalue weighted by atomic mass is 19.1. The highest BCUT2D eigenvalue weighted by Crippen LogP contribution is 2.19. The Labute approximate surface area is 117 Å². The molecule has 2 N–H and O–H groups in total. The van der Waals surface area contributed by atoms with E-state index < -0.39 is 5.82 Å². The smallest absolute Gasteiger partial charge is 0.258 e. The Morgan fingerprint density at radius 1 is 1.20 bits per heavy atom. The number of hydrogen-bond donors (Lipinski definition) is 1. The molecule has 3 nitrogen and oxygen atoms in total. The van der Waals surface area contributed by atoms with Gasteiger partial charge in [-0.15, -0.1) is 0 Å². The van der Waals surface area contributed by atoms with Gasteiger partial charge in [0.2, 0.25) is 0 Å². The van der Waals surface area contributed by atoms with Crippen LogP contribution in [0.25, 0.3) is 0 Å². The first kappa shape index (κ1) is 14.1. The van der Waals surface area contributed by atoms with Crippen LogP contribution in [-0.2, 0) is 0 Å². The minimum absolute atomic E-state index is 0.244. The largest absolute Gasteiger partial charge is 0.399 e. The topological polar surface area (TPSA) is 46.3 Å². The zero-order valence-corrected chi connectivity index (χ0v) is 11.6. The quantitative estimate of drug-likeness (QED) is 0.871. The van der Waals surface area contributed by atoms with Crippen LogP contribution in [0.15, 0.2) is 42.5 Å². The summed E-state index contributed by atoms with van der Waals surface area (Å²) in [6, 6.07) is 11.5. The monoisotopic (exact) mass is 272 g/mol. The van der Waals surface area contributed by atoms with Crippen LogP contribution in [0.5, 0.6) is 0 Å². The third kappa shape index (κ3) is 2.96. The van der Waals surface area contributed by atoms with Gasteiger partial charge in [0.25, 0.3) is 5.91 Å². The molecule has 20 heavy (non-hydrogen) atoms. The van der Waals surface area contributed by atoms with Crippen molar-refractivity contribution in [3.05, 3.63) is 59.4 Å². The van der Waals surface area contributed by atoms with Crippen molar-refractivity contribution in [3.8, 4) is 0 Å². The van der Waals surface area contributed by atoms with Crippen LogP contribution in [0, 0.1) is 12.7 Å². The van der Waals surface area contributed by atoms with Crippen molar-refractivity contribution in [2.24, 2.45) is 0 Å². The van der Waals surface area contributed by atoms with Gasteiger partial charge in [-0.2, -0.15) is 0 Å². The summed E-state index contributed by atoms with van der Waals surface area (Å²) in [4.78, 5) is 14.1. The number of hydrogen-bond acceptors (Lipinski definition) is 2. The Morgan fingerprint density at radius 2 is 1.85 bits per heavy atom. The fourth-order valence-corrected chi connectivity index (χ4v) is 2.06. The second-order valence-corrected chi connectivity index (χ2v) is 4.66. The van der Waals surface area contributed by atoms with E-state index in [-0.39, 0.29) is 17.2 Å². The van der Waals surface area contributed by atoms with Crippen molar-refractivity contribution in [1.29, 1.82) is 0 Å². The first-order valence-corrected chi connectivity index (χ1v) is 6.46. The fourth-order valence-electron chi connectivity index (χ4n) is 2.06. The summed E-state index contributed by atoms with van der Waals surface area (Å²) in [5.41, 5.74) is 7.99. The Balaban J connectivity index is 2.36. The van der Waals surface area contributed by atoms with Crippen LogP contribution in [0.3, 0.4) is 0 Å². The summed E-state index contributed by atoms with van der Waals surface area (Å²) in [6.45, 7) is 4.36. The number of nitrogens with zero attached hydrogens (tertiary/aromatic N) is 1. The predicted octanol–water partition coefficient (Wildman–Crippen LogP) is 3.38. The maximum atomic E-state index is 13.4. The molecular weight excluding hydrogens is 255 g/mol. The molecule has 104 valence electrons. The molecule has 2 aromatic rings. The zero-order chi connectivity index (χ0) is 14.7. The van der Waals surface area contributed by atoms with Crippen molar-refractivity contribution >= 4 is 17.3 Å². The number of benzene rings is 2. The molecule has 0 spiro atoms. The van der Waals surface area contributed by atoms with E-state index in [2.05, 4.69) is 0 Å².